The highest BCUT2D eigenvalue weighted by atomic mass is 19.1. The summed E-state index contributed by atoms with van der Waals surface area (Å²) in [5.74, 6) is 1.49. The van der Waals surface area contributed by atoms with Crippen molar-refractivity contribution in [2.45, 2.75) is 25.3 Å². The van der Waals surface area contributed by atoms with Crippen LogP contribution in [0.15, 0.2) is 49.1 Å². The first-order valence-electron chi connectivity index (χ1n) is 10.3. The normalized spacial score (nSPS) is 18.7. The Morgan fingerprint density at radius 2 is 1.79 bits per heavy atom. The average Bonchev–Trinajstić information content (AvgIpc) is 3.43. The van der Waals surface area contributed by atoms with Crippen molar-refractivity contribution in [3.63, 3.8) is 0 Å². The second kappa shape index (κ2) is 7.91. The van der Waals surface area contributed by atoms with Crippen LogP contribution in [0.1, 0.15) is 30.9 Å². The highest BCUT2D eigenvalue weighted by molar-refractivity contribution is 5.72. The van der Waals surface area contributed by atoms with Crippen molar-refractivity contribution < 1.29 is 4.39 Å². The van der Waals surface area contributed by atoms with Crippen LogP contribution < -0.4 is 4.90 Å². The Morgan fingerprint density at radius 1 is 1.03 bits per heavy atom. The Morgan fingerprint density at radius 3 is 2.48 bits per heavy atom. The molecule has 0 amide bonds. The van der Waals surface area contributed by atoms with Crippen LogP contribution in [0.4, 0.5) is 10.2 Å². The summed E-state index contributed by atoms with van der Waals surface area (Å²) in [5, 5.41) is 7.15. The lowest BCUT2D eigenvalue weighted by Crippen LogP contribution is -2.48. The van der Waals surface area contributed by atoms with Gasteiger partial charge in [-0.05, 0) is 36.6 Å². The van der Waals surface area contributed by atoms with E-state index < -0.39 is 0 Å². The minimum atomic E-state index is -0.242. The van der Waals surface area contributed by atoms with Crippen molar-refractivity contribution in [1.82, 2.24) is 25.1 Å². The number of nitrogens with one attached hydrogen (secondary N) is 1. The SMILES string of the molecule is Fc1ccc(-c2nccnc2N2CCN(C(CC3CC3)c3cn[nH]c3)CC2)cc1. The van der Waals surface area contributed by atoms with Crippen LogP contribution in [0.3, 0.4) is 0 Å². The van der Waals surface area contributed by atoms with Crippen LogP contribution in [0, 0.1) is 11.7 Å². The molecule has 5 rings (SSSR count). The fourth-order valence-corrected chi connectivity index (χ4v) is 4.23. The van der Waals surface area contributed by atoms with Crippen LogP contribution in [0.25, 0.3) is 11.3 Å². The van der Waals surface area contributed by atoms with Gasteiger partial charge >= 0.3 is 0 Å². The molecule has 0 radical (unpaired) electrons. The predicted molar refractivity (Wildman–Crippen MR) is 110 cm³/mol. The summed E-state index contributed by atoms with van der Waals surface area (Å²) in [6.07, 6.45) is 11.4. The van der Waals surface area contributed by atoms with E-state index in [1.165, 1.54) is 37.0 Å². The zero-order chi connectivity index (χ0) is 19.6. The van der Waals surface area contributed by atoms with Crippen molar-refractivity contribution in [1.29, 1.82) is 0 Å². The summed E-state index contributed by atoms with van der Waals surface area (Å²) in [6.45, 7) is 3.74. The Kier molecular flexibility index (Phi) is 4.97. The molecule has 7 heteroatoms. The summed E-state index contributed by atoms with van der Waals surface area (Å²) >= 11 is 0. The van der Waals surface area contributed by atoms with Crippen LogP contribution in [0.2, 0.25) is 0 Å². The molecule has 1 aliphatic carbocycles. The van der Waals surface area contributed by atoms with Gasteiger partial charge in [0, 0.05) is 61.9 Å². The van der Waals surface area contributed by atoms with Gasteiger partial charge in [0.1, 0.15) is 11.5 Å². The van der Waals surface area contributed by atoms with Crippen LogP contribution >= 0.6 is 0 Å². The number of rotatable bonds is 6. The van der Waals surface area contributed by atoms with Gasteiger partial charge in [-0.15, -0.1) is 0 Å². The molecule has 1 N–H and O–H groups in total. The summed E-state index contributed by atoms with van der Waals surface area (Å²) in [7, 11) is 0. The highest BCUT2D eigenvalue weighted by Crippen LogP contribution is 2.40. The zero-order valence-corrected chi connectivity index (χ0v) is 16.3. The summed E-state index contributed by atoms with van der Waals surface area (Å²) in [5.41, 5.74) is 2.99. The van der Waals surface area contributed by atoms with Gasteiger partial charge in [0.15, 0.2) is 5.82 Å². The van der Waals surface area contributed by atoms with E-state index in [1.807, 2.05) is 12.4 Å². The topological polar surface area (TPSA) is 60.9 Å². The number of anilines is 1. The van der Waals surface area contributed by atoms with Crippen molar-refractivity contribution in [2.24, 2.45) is 5.92 Å². The number of hydrogen-bond donors (Lipinski definition) is 1. The first-order valence-corrected chi connectivity index (χ1v) is 10.3. The molecule has 2 fully saturated rings. The molecule has 3 heterocycles. The van der Waals surface area contributed by atoms with E-state index in [0.717, 1.165) is 49.2 Å². The molecule has 2 aromatic heterocycles. The fourth-order valence-electron chi connectivity index (χ4n) is 4.23. The second-order valence-electron chi connectivity index (χ2n) is 7.98. The molecular weight excluding hydrogens is 367 g/mol. The Bertz CT molecular complexity index is 930. The number of piperazine rings is 1. The standard InChI is InChI=1S/C22H25FN6/c23-19-5-3-17(4-6-19)21-22(25-8-7-24-21)29-11-9-28(10-12-29)20(13-16-1-2-16)18-14-26-27-15-18/h3-8,14-16,20H,1-2,9-13H2,(H,26,27). The first-order chi connectivity index (χ1) is 14.3. The maximum Gasteiger partial charge on any atom is 0.155 e. The lowest BCUT2D eigenvalue weighted by Gasteiger charge is -2.40. The Labute approximate surface area is 169 Å². The number of halogens is 1. The van der Waals surface area contributed by atoms with Gasteiger partial charge in [-0.1, -0.05) is 12.8 Å². The predicted octanol–water partition coefficient (Wildman–Crippen LogP) is 3.67. The van der Waals surface area contributed by atoms with Gasteiger partial charge in [-0.25, -0.2) is 9.37 Å². The Balaban J connectivity index is 1.32. The quantitative estimate of drug-likeness (QED) is 0.694. The fraction of sp³-hybridized carbons (Fsp3) is 0.409. The van der Waals surface area contributed by atoms with Gasteiger partial charge in [0.25, 0.3) is 0 Å². The lowest BCUT2D eigenvalue weighted by molar-refractivity contribution is 0.171. The molecule has 1 aromatic carbocycles. The van der Waals surface area contributed by atoms with E-state index >= 15 is 0 Å². The molecule has 1 unspecified atom stereocenters. The maximum atomic E-state index is 13.3. The number of nitrogens with zero attached hydrogens (tertiary/aromatic N) is 5. The van der Waals surface area contributed by atoms with Crippen molar-refractivity contribution in [2.75, 3.05) is 31.1 Å². The zero-order valence-electron chi connectivity index (χ0n) is 16.3. The van der Waals surface area contributed by atoms with Gasteiger partial charge in [0.05, 0.1) is 6.20 Å². The van der Waals surface area contributed by atoms with Crippen LogP contribution in [-0.4, -0.2) is 51.2 Å². The molecule has 0 bridgehead atoms. The molecule has 3 aromatic rings. The number of aromatic nitrogens is 4. The van der Waals surface area contributed by atoms with E-state index in [2.05, 4.69) is 30.0 Å². The van der Waals surface area contributed by atoms with Gasteiger partial charge in [-0.2, -0.15) is 5.10 Å². The smallest absolute Gasteiger partial charge is 0.155 e. The van der Waals surface area contributed by atoms with Crippen LogP contribution in [-0.2, 0) is 0 Å². The minimum Gasteiger partial charge on any atom is -0.352 e. The molecule has 1 saturated carbocycles. The molecule has 6 nitrogen and oxygen atoms in total. The third-order valence-corrected chi connectivity index (χ3v) is 6.01. The molecule has 1 aliphatic heterocycles. The van der Waals surface area contributed by atoms with Crippen molar-refractivity contribution in [3.05, 3.63) is 60.4 Å². The maximum absolute atomic E-state index is 13.3. The number of benzene rings is 1. The van der Waals surface area contributed by atoms with E-state index in [4.69, 9.17) is 0 Å². The lowest BCUT2D eigenvalue weighted by atomic mass is 10.0. The largest absolute Gasteiger partial charge is 0.352 e. The van der Waals surface area contributed by atoms with E-state index in [-0.39, 0.29) is 5.82 Å². The summed E-state index contributed by atoms with van der Waals surface area (Å²) in [6, 6.07) is 6.91. The first kappa shape index (κ1) is 18.2. The second-order valence-corrected chi connectivity index (χ2v) is 7.98. The molecule has 1 atom stereocenters. The number of H-pyrrole nitrogens is 1. The van der Waals surface area contributed by atoms with Gasteiger partial charge in [0.2, 0.25) is 0 Å². The van der Waals surface area contributed by atoms with E-state index in [1.54, 1.807) is 24.5 Å². The van der Waals surface area contributed by atoms with Gasteiger partial charge in [-0.3, -0.25) is 15.0 Å². The number of hydrogen-bond acceptors (Lipinski definition) is 5. The van der Waals surface area contributed by atoms with Crippen molar-refractivity contribution >= 4 is 5.82 Å². The minimum absolute atomic E-state index is 0.242. The number of aromatic amines is 1. The Hall–Kier alpha value is -2.80. The molecule has 1 saturated heterocycles. The molecule has 150 valence electrons. The van der Waals surface area contributed by atoms with Crippen molar-refractivity contribution in [3.8, 4) is 11.3 Å². The molecule has 2 aliphatic rings. The monoisotopic (exact) mass is 392 g/mol. The summed E-state index contributed by atoms with van der Waals surface area (Å²) < 4.78 is 13.3. The average molecular weight is 392 g/mol. The third kappa shape index (κ3) is 4.00. The van der Waals surface area contributed by atoms with E-state index in [0.29, 0.717) is 6.04 Å². The van der Waals surface area contributed by atoms with Gasteiger partial charge < -0.3 is 4.90 Å². The van der Waals surface area contributed by atoms with E-state index in [9.17, 15) is 4.39 Å². The third-order valence-electron chi connectivity index (χ3n) is 6.01. The summed E-state index contributed by atoms with van der Waals surface area (Å²) in [4.78, 5) is 14.0. The molecular formula is C22H25FN6. The molecule has 0 spiro atoms. The highest BCUT2D eigenvalue weighted by Gasteiger charge is 2.32. The van der Waals surface area contributed by atoms with Crippen LogP contribution in [0.5, 0.6) is 0 Å². The molecule has 29 heavy (non-hydrogen) atoms.